The highest BCUT2D eigenvalue weighted by Crippen LogP contribution is 2.32. The van der Waals surface area contributed by atoms with Crippen molar-refractivity contribution in [2.75, 3.05) is 19.8 Å². The van der Waals surface area contributed by atoms with Gasteiger partial charge in [0.25, 0.3) is 20.2 Å². The predicted octanol–water partition coefficient (Wildman–Crippen LogP) is 1.97. The summed E-state index contributed by atoms with van der Waals surface area (Å²) < 4.78 is 77.6. The molecule has 2 aromatic rings. The minimum absolute atomic E-state index is 0.0725. The van der Waals surface area contributed by atoms with Crippen LogP contribution in [-0.4, -0.2) is 54.8 Å². The molecule has 182 valence electrons. The predicted molar refractivity (Wildman–Crippen MR) is 116 cm³/mol. The van der Waals surface area contributed by atoms with Crippen molar-refractivity contribution in [3.8, 4) is 0 Å². The lowest BCUT2D eigenvalue weighted by Crippen LogP contribution is -2.38. The fraction of sp³-hybridized carbons (Fsp3) is 0.318. The molecule has 0 saturated heterocycles. The van der Waals surface area contributed by atoms with Crippen LogP contribution in [0.1, 0.15) is 11.1 Å². The first-order chi connectivity index (χ1) is 16.1. The molecule has 0 N–H and O–H groups in total. The number of aryl methyl sites for hydroxylation is 2. The quantitative estimate of drug-likeness (QED) is 0.383. The molecule has 2 aliphatic heterocycles. The van der Waals surface area contributed by atoms with E-state index in [9.17, 15) is 21.6 Å². The van der Waals surface area contributed by atoms with E-state index in [2.05, 4.69) is 0 Å². The summed E-state index contributed by atoms with van der Waals surface area (Å²) in [6, 6.07) is 11.8. The van der Waals surface area contributed by atoms with Gasteiger partial charge < -0.3 is 14.2 Å². The Morgan fingerprint density at radius 1 is 0.853 bits per heavy atom. The smallest absolute Gasteiger partial charge is 0.378 e. The van der Waals surface area contributed by atoms with Gasteiger partial charge in [-0.3, -0.25) is 8.37 Å². The lowest BCUT2D eigenvalue weighted by atomic mass is 10.2. The Balaban J connectivity index is 1.63. The van der Waals surface area contributed by atoms with E-state index in [1.165, 1.54) is 24.3 Å². The largest absolute Gasteiger partial charge is 0.486 e. The molecule has 2 atom stereocenters. The first-order valence-electron chi connectivity index (χ1n) is 10.2. The third-order valence-electron chi connectivity index (χ3n) is 5.08. The van der Waals surface area contributed by atoms with Crippen molar-refractivity contribution in [2.24, 2.45) is 0 Å². The van der Waals surface area contributed by atoms with Crippen molar-refractivity contribution in [3.05, 3.63) is 71.2 Å². The summed E-state index contributed by atoms with van der Waals surface area (Å²) in [5.74, 6) is -1.15. The van der Waals surface area contributed by atoms with E-state index in [0.29, 0.717) is 0 Å². The highest BCUT2D eigenvalue weighted by molar-refractivity contribution is 7.87. The average molecular weight is 511 g/mol. The molecule has 0 fully saturated rings. The number of hydrogen-bond donors (Lipinski definition) is 0. The summed E-state index contributed by atoms with van der Waals surface area (Å²) in [5.41, 5.74) is 1.67. The van der Waals surface area contributed by atoms with Crippen molar-refractivity contribution < 1.29 is 44.2 Å². The van der Waals surface area contributed by atoms with Gasteiger partial charge in [-0.1, -0.05) is 35.4 Å². The Morgan fingerprint density at radius 2 is 1.38 bits per heavy atom. The van der Waals surface area contributed by atoms with E-state index in [0.717, 1.165) is 11.1 Å². The maximum absolute atomic E-state index is 12.9. The maximum Gasteiger partial charge on any atom is 0.378 e. The molecule has 12 heteroatoms. The van der Waals surface area contributed by atoms with Crippen molar-refractivity contribution in [2.45, 2.75) is 35.8 Å². The topological polar surface area (TPSA) is 132 Å². The van der Waals surface area contributed by atoms with Gasteiger partial charge in [-0.15, -0.1) is 0 Å². The van der Waals surface area contributed by atoms with Gasteiger partial charge in [-0.05, 0) is 38.1 Å². The molecule has 0 unspecified atom stereocenters. The van der Waals surface area contributed by atoms with Gasteiger partial charge in [-0.25, -0.2) is 4.79 Å². The van der Waals surface area contributed by atoms with E-state index >= 15 is 0 Å². The molecule has 0 amide bonds. The number of cyclic esters (lactones) is 1. The zero-order valence-electron chi connectivity index (χ0n) is 18.3. The Hall–Kier alpha value is -2.93. The Morgan fingerprint density at radius 3 is 1.97 bits per heavy atom. The highest BCUT2D eigenvalue weighted by atomic mass is 32.2. The molecular formula is C22H22O10S2. The van der Waals surface area contributed by atoms with Crippen LogP contribution in [-0.2, 0) is 47.6 Å². The Labute approximate surface area is 197 Å². The SMILES string of the molecule is Cc1ccc(S(=O)(=O)OC[C@H](OS(=O)(=O)c2ccc(C)cc2)[C@H]2OC(=O)C3=C2OCCO3)cc1. The van der Waals surface area contributed by atoms with Crippen LogP contribution in [0.25, 0.3) is 0 Å². The first-order valence-corrected chi connectivity index (χ1v) is 13.1. The van der Waals surface area contributed by atoms with E-state index in [1.807, 2.05) is 0 Å². The Bertz CT molecular complexity index is 1310. The van der Waals surface area contributed by atoms with Crippen LogP contribution >= 0.6 is 0 Å². The molecule has 0 aliphatic carbocycles. The standard InChI is InChI=1S/C22H22O10S2/c1-14-3-7-16(8-4-14)33(24,25)30-13-18(19-20-21(22(23)31-19)29-12-11-28-20)32-34(26,27)17-9-5-15(2)6-10-17/h3-10,18-19H,11-13H2,1-2H3/t18-,19+/m0/s1. The minimum Gasteiger partial charge on any atom is -0.486 e. The zero-order valence-corrected chi connectivity index (χ0v) is 19.9. The molecule has 0 aromatic heterocycles. The number of ether oxygens (including phenoxy) is 3. The first kappa shape index (κ1) is 24.2. The summed E-state index contributed by atoms with van der Waals surface area (Å²) >= 11 is 0. The van der Waals surface area contributed by atoms with E-state index in [4.69, 9.17) is 22.6 Å². The van der Waals surface area contributed by atoms with Gasteiger partial charge in [-0.2, -0.15) is 16.8 Å². The van der Waals surface area contributed by atoms with Crippen molar-refractivity contribution in [1.29, 1.82) is 0 Å². The molecule has 0 spiro atoms. The summed E-state index contributed by atoms with van der Waals surface area (Å²) in [6.45, 7) is 3.00. The number of esters is 1. The fourth-order valence-corrected chi connectivity index (χ4v) is 5.27. The highest BCUT2D eigenvalue weighted by Gasteiger charge is 2.46. The second-order valence-electron chi connectivity index (χ2n) is 7.67. The number of rotatable bonds is 8. The second-order valence-corrected chi connectivity index (χ2v) is 10.9. The van der Waals surface area contributed by atoms with Crippen LogP contribution in [0.5, 0.6) is 0 Å². The number of benzene rings is 2. The number of hydrogen-bond acceptors (Lipinski definition) is 10. The summed E-state index contributed by atoms with van der Waals surface area (Å²) in [7, 11) is -8.67. The third-order valence-corrected chi connectivity index (χ3v) is 7.73. The van der Waals surface area contributed by atoms with Crippen LogP contribution in [0.15, 0.2) is 69.8 Å². The van der Waals surface area contributed by atoms with Crippen LogP contribution in [0.4, 0.5) is 0 Å². The molecule has 0 bridgehead atoms. The lowest BCUT2D eigenvalue weighted by Gasteiger charge is -2.25. The summed E-state index contributed by atoms with van der Waals surface area (Å²) in [6.07, 6.45) is -2.97. The van der Waals surface area contributed by atoms with Crippen LogP contribution in [0.2, 0.25) is 0 Å². The van der Waals surface area contributed by atoms with Crippen molar-refractivity contribution in [1.82, 2.24) is 0 Å². The van der Waals surface area contributed by atoms with Crippen LogP contribution in [0.3, 0.4) is 0 Å². The molecule has 10 nitrogen and oxygen atoms in total. The molecule has 2 aliphatic rings. The van der Waals surface area contributed by atoms with Crippen molar-refractivity contribution in [3.63, 3.8) is 0 Å². The Kier molecular flexibility index (Phi) is 6.67. The van der Waals surface area contributed by atoms with Gasteiger partial charge in [0, 0.05) is 0 Å². The molecule has 2 heterocycles. The molecule has 2 aromatic carbocycles. The van der Waals surface area contributed by atoms with Crippen molar-refractivity contribution >= 4 is 26.2 Å². The second kappa shape index (κ2) is 9.37. The normalized spacial score (nSPS) is 19.1. The number of carbonyl (C=O) groups is 1. The van der Waals surface area contributed by atoms with Gasteiger partial charge in [0.15, 0.2) is 11.9 Å². The maximum atomic E-state index is 12.9. The van der Waals surface area contributed by atoms with Crippen LogP contribution < -0.4 is 0 Å². The number of carbonyl (C=O) groups excluding carboxylic acids is 1. The zero-order chi connectivity index (χ0) is 24.5. The van der Waals surface area contributed by atoms with Gasteiger partial charge >= 0.3 is 5.97 Å². The fourth-order valence-electron chi connectivity index (χ4n) is 3.29. The molecule has 4 rings (SSSR count). The molecular weight excluding hydrogens is 488 g/mol. The van der Waals surface area contributed by atoms with Gasteiger partial charge in [0.1, 0.15) is 19.3 Å². The molecule has 0 saturated carbocycles. The lowest BCUT2D eigenvalue weighted by molar-refractivity contribution is -0.146. The minimum atomic E-state index is -4.39. The van der Waals surface area contributed by atoms with E-state index in [1.54, 1.807) is 38.1 Å². The van der Waals surface area contributed by atoms with E-state index in [-0.39, 0.29) is 34.5 Å². The monoisotopic (exact) mass is 510 g/mol. The molecule has 0 radical (unpaired) electrons. The summed E-state index contributed by atoms with van der Waals surface area (Å²) in [5, 5.41) is 0. The van der Waals surface area contributed by atoms with E-state index < -0.39 is 45.0 Å². The van der Waals surface area contributed by atoms with Gasteiger partial charge in [0.05, 0.1) is 16.4 Å². The molecule has 34 heavy (non-hydrogen) atoms. The van der Waals surface area contributed by atoms with Crippen LogP contribution in [0, 0.1) is 13.8 Å². The average Bonchev–Trinajstić information content (AvgIpc) is 3.14. The van der Waals surface area contributed by atoms with Gasteiger partial charge in [0.2, 0.25) is 5.76 Å². The third kappa shape index (κ3) is 5.09. The summed E-state index contributed by atoms with van der Waals surface area (Å²) in [4.78, 5) is 11.9.